The van der Waals surface area contributed by atoms with Crippen LogP contribution in [0.15, 0.2) is 47.4 Å². The molecular formula is C15H15ClN2O5S. The molecule has 0 amide bonds. The molecule has 0 bridgehead atoms. The molecular weight excluding hydrogens is 356 g/mol. The number of hydrogen-bond donors (Lipinski definition) is 1. The first-order valence-electron chi connectivity index (χ1n) is 6.90. The smallest absolute Gasteiger partial charge is 0.269 e. The molecule has 0 atom stereocenters. The van der Waals surface area contributed by atoms with E-state index in [0.717, 1.165) is 5.56 Å². The van der Waals surface area contributed by atoms with E-state index in [9.17, 15) is 18.5 Å². The van der Waals surface area contributed by atoms with Gasteiger partial charge in [-0.2, -0.15) is 0 Å². The fourth-order valence-corrected chi connectivity index (χ4v) is 3.51. The number of halogens is 1. The minimum Gasteiger partial charge on any atom is -0.495 e. The van der Waals surface area contributed by atoms with Gasteiger partial charge < -0.3 is 4.74 Å². The Hall–Kier alpha value is -2.16. The Morgan fingerprint density at radius 1 is 1.21 bits per heavy atom. The van der Waals surface area contributed by atoms with Crippen LogP contribution in [0.2, 0.25) is 5.02 Å². The van der Waals surface area contributed by atoms with Crippen molar-refractivity contribution in [2.45, 2.75) is 11.3 Å². The molecule has 9 heteroatoms. The van der Waals surface area contributed by atoms with E-state index < -0.39 is 14.9 Å². The summed E-state index contributed by atoms with van der Waals surface area (Å²) in [6.07, 6.45) is 0.389. The molecule has 0 heterocycles. The van der Waals surface area contributed by atoms with Gasteiger partial charge in [0.25, 0.3) is 5.69 Å². The van der Waals surface area contributed by atoms with E-state index in [2.05, 4.69) is 4.72 Å². The van der Waals surface area contributed by atoms with Gasteiger partial charge in [0.05, 0.1) is 12.0 Å². The average molecular weight is 371 g/mol. The van der Waals surface area contributed by atoms with Gasteiger partial charge in [0.15, 0.2) is 0 Å². The number of nitro groups is 1. The number of non-ortho nitro benzene ring substituents is 1. The lowest BCUT2D eigenvalue weighted by atomic mass is 10.1. The molecule has 0 saturated carbocycles. The van der Waals surface area contributed by atoms with Gasteiger partial charge in [0.1, 0.15) is 10.6 Å². The molecule has 7 nitrogen and oxygen atoms in total. The minimum atomic E-state index is -3.78. The maximum atomic E-state index is 12.4. The van der Waals surface area contributed by atoms with Gasteiger partial charge in [-0.25, -0.2) is 13.1 Å². The summed E-state index contributed by atoms with van der Waals surface area (Å²) in [5.41, 5.74) is 0.768. The summed E-state index contributed by atoms with van der Waals surface area (Å²) < 4.78 is 32.2. The van der Waals surface area contributed by atoms with Gasteiger partial charge in [-0.05, 0) is 30.2 Å². The van der Waals surface area contributed by atoms with E-state index in [-0.39, 0.29) is 27.9 Å². The summed E-state index contributed by atoms with van der Waals surface area (Å²) in [7, 11) is -2.41. The Bertz CT molecular complexity index is 837. The van der Waals surface area contributed by atoms with Crippen LogP contribution in [0.25, 0.3) is 0 Å². The predicted molar refractivity (Wildman–Crippen MR) is 90.0 cm³/mol. The van der Waals surface area contributed by atoms with Gasteiger partial charge in [-0.1, -0.05) is 23.7 Å². The quantitative estimate of drug-likeness (QED) is 0.596. The van der Waals surface area contributed by atoms with Crippen LogP contribution in [-0.4, -0.2) is 27.0 Å². The fraction of sp³-hybridized carbons (Fsp3) is 0.200. The third kappa shape index (κ3) is 4.44. The number of nitrogens with one attached hydrogen (secondary N) is 1. The highest BCUT2D eigenvalue weighted by atomic mass is 35.5. The predicted octanol–water partition coefficient (Wildman–Crippen LogP) is 2.78. The van der Waals surface area contributed by atoms with E-state index >= 15 is 0 Å². The van der Waals surface area contributed by atoms with E-state index in [1.54, 1.807) is 12.1 Å². The number of methoxy groups -OCH3 is 1. The van der Waals surface area contributed by atoms with Crippen LogP contribution in [0, 0.1) is 10.1 Å². The Kier molecular flexibility index (Phi) is 5.76. The molecule has 0 aliphatic rings. The van der Waals surface area contributed by atoms with Crippen molar-refractivity contribution >= 4 is 27.3 Å². The molecule has 0 aromatic heterocycles. The fourth-order valence-electron chi connectivity index (χ4n) is 2.05. The van der Waals surface area contributed by atoms with Gasteiger partial charge in [-0.15, -0.1) is 0 Å². The molecule has 128 valence electrons. The Morgan fingerprint density at radius 3 is 2.46 bits per heavy atom. The number of nitro benzene ring substituents is 1. The number of rotatable bonds is 7. The summed E-state index contributed by atoms with van der Waals surface area (Å²) in [6.45, 7) is 0.135. The summed E-state index contributed by atoms with van der Waals surface area (Å²) in [5.74, 6) is 0.197. The molecule has 0 fully saturated rings. The molecule has 0 unspecified atom stereocenters. The highest BCUT2D eigenvalue weighted by molar-refractivity contribution is 7.89. The number of sulfonamides is 1. The molecule has 0 aliphatic carbocycles. The highest BCUT2D eigenvalue weighted by Crippen LogP contribution is 2.26. The lowest BCUT2D eigenvalue weighted by Gasteiger charge is -2.11. The van der Waals surface area contributed by atoms with Crippen molar-refractivity contribution in [2.24, 2.45) is 0 Å². The number of ether oxygens (including phenoxy) is 1. The molecule has 24 heavy (non-hydrogen) atoms. The largest absolute Gasteiger partial charge is 0.495 e. The first-order valence-corrected chi connectivity index (χ1v) is 8.76. The molecule has 0 radical (unpaired) electrons. The average Bonchev–Trinajstić information content (AvgIpc) is 2.55. The van der Waals surface area contributed by atoms with Crippen LogP contribution in [0.1, 0.15) is 5.56 Å². The lowest BCUT2D eigenvalue weighted by Crippen LogP contribution is -2.26. The van der Waals surface area contributed by atoms with Crippen molar-refractivity contribution in [1.82, 2.24) is 4.72 Å². The molecule has 2 aromatic carbocycles. The van der Waals surface area contributed by atoms with Crippen LogP contribution in [0.4, 0.5) is 5.69 Å². The van der Waals surface area contributed by atoms with Crippen molar-refractivity contribution in [1.29, 1.82) is 0 Å². The maximum Gasteiger partial charge on any atom is 0.269 e. The Balaban J connectivity index is 2.05. The van der Waals surface area contributed by atoms with E-state index in [0.29, 0.717) is 6.42 Å². The van der Waals surface area contributed by atoms with Crippen LogP contribution >= 0.6 is 11.6 Å². The zero-order chi connectivity index (χ0) is 17.7. The molecule has 1 N–H and O–H groups in total. The van der Waals surface area contributed by atoms with Crippen LogP contribution < -0.4 is 9.46 Å². The monoisotopic (exact) mass is 370 g/mol. The second-order valence-electron chi connectivity index (χ2n) is 4.87. The van der Waals surface area contributed by atoms with Gasteiger partial charge in [0, 0.05) is 23.7 Å². The number of hydrogen-bond acceptors (Lipinski definition) is 5. The molecule has 0 aliphatic heterocycles. The Labute approximate surface area is 144 Å². The first kappa shape index (κ1) is 18.2. The van der Waals surface area contributed by atoms with Crippen molar-refractivity contribution < 1.29 is 18.1 Å². The van der Waals surface area contributed by atoms with Crippen LogP contribution in [0.3, 0.4) is 0 Å². The second kappa shape index (κ2) is 7.61. The van der Waals surface area contributed by atoms with Crippen LogP contribution in [-0.2, 0) is 16.4 Å². The van der Waals surface area contributed by atoms with Crippen molar-refractivity contribution in [3.05, 3.63) is 63.2 Å². The van der Waals surface area contributed by atoms with Gasteiger partial charge >= 0.3 is 0 Å². The van der Waals surface area contributed by atoms with Crippen molar-refractivity contribution in [3.63, 3.8) is 0 Å². The SMILES string of the molecule is COc1ccc(Cl)cc1S(=O)(=O)NCCc1ccc([N+](=O)[O-])cc1. The van der Waals surface area contributed by atoms with Gasteiger partial charge in [-0.3, -0.25) is 10.1 Å². The van der Waals surface area contributed by atoms with Crippen molar-refractivity contribution in [2.75, 3.05) is 13.7 Å². The zero-order valence-electron chi connectivity index (χ0n) is 12.7. The first-order chi connectivity index (χ1) is 11.3. The van der Waals surface area contributed by atoms with E-state index in [4.69, 9.17) is 16.3 Å². The lowest BCUT2D eigenvalue weighted by molar-refractivity contribution is -0.384. The number of benzene rings is 2. The summed E-state index contributed by atoms with van der Waals surface area (Å²) in [4.78, 5) is 10.1. The van der Waals surface area contributed by atoms with E-state index in [1.165, 1.54) is 37.4 Å². The molecule has 2 aromatic rings. The second-order valence-corrected chi connectivity index (χ2v) is 7.04. The normalized spacial score (nSPS) is 11.2. The Morgan fingerprint density at radius 2 is 1.88 bits per heavy atom. The van der Waals surface area contributed by atoms with Crippen molar-refractivity contribution in [3.8, 4) is 5.75 Å². The standard InChI is InChI=1S/C15H15ClN2O5S/c1-23-14-7-4-12(16)10-15(14)24(21,22)17-9-8-11-2-5-13(6-3-11)18(19)20/h2-7,10,17H,8-9H2,1H3. The third-order valence-corrected chi connectivity index (χ3v) is 4.99. The van der Waals surface area contributed by atoms with E-state index in [1.807, 2.05) is 0 Å². The summed E-state index contributed by atoms with van der Waals surface area (Å²) in [6, 6.07) is 10.3. The molecule has 2 rings (SSSR count). The highest BCUT2D eigenvalue weighted by Gasteiger charge is 2.19. The van der Waals surface area contributed by atoms with Gasteiger partial charge in [0.2, 0.25) is 10.0 Å². The zero-order valence-corrected chi connectivity index (χ0v) is 14.3. The number of nitrogens with zero attached hydrogens (tertiary/aromatic N) is 1. The van der Waals surface area contributed by atoms with Crippen LogP contribution in [0.5, 0.6) is 5.75 Å². The summed E-state index contributed by atoms with van der Waals surface area (Å²) >= 11 is 5.85. The molecule has 0 spiro atoms. The summed E-state index contributed by atoms with van der Waals surface area (Å²) in [5, 5.41) is 10.9. The maximum absolute atomic E-state index is 12.4. The molecule has 0 saturated heterocycles. The topological polar surface area (TPSA) is 98.5 Å². The third-order valence-electron chi connectivity index (χ3n) is 3.27. The minimum absolute atomic E-state index is 0.0111.